The molecule has 1 aliphatic rings. The Morgan fingerprint density at radius 1 is 1.07 bits per heavy atom. The fraction of sp³-hybridized carbons (Fsp3) is 0.303. The summed E-state index contributed by atoms with van der Waals surface area (Å²) >= 11 is 5.88. The Morgan fingerprint density at radius 2 is 1.85 bits per heavy atom. The Bertz CT molecular complexity index is 1570. The molecule has 2 aromatic carbocycles. The van der Waals surface area contributed by atoms with E-state index in [0.29, 0.717) is 23.1 Å². The topological polar surface area (TPSA) is 71.4 Å². The Kier molecular flexibility index (Phi) is 8.40. The summed E-state index contributed by atoms with van der Waals surface area (Å²) in [6.07, 6.45) is 3.02. The van der Waals surface area contributed by atoms with Crippen LogP contribution in [0.5, 0.6) is 5.75 Å². The van der Waals surface area contributed by atoms with Crippen molar-refractivity contribution in [2.75, 3.05) is 19.0 Å². The van der Waals surface area contributed by atoms with E-state index < -0.39 is 0 Å². The van der Waals surface area contributed by atoms with E-state index in [-0.39, 0.29) is 24.4 Å². The molecular weight excluding hydrogens is 530 g/mol. The van der Waals surface area contributed by atoms with Crippen molar-refractivity contribution in [1.29, 1.82) is 0 Å². The molecule has 8 heteroatoms. The van der Waals surface area contributed by atoms with Crippen molar-refractivity contribution in [3.8, 4) is 11.4 Å². The number of amides is 1. The standard InChI is InChI=1S/C33H37N5O2S/c1-6-24-13-11-12-21(2)31(24)38-22(3)20-25(23(38)4)32-30(27-15-9-10-18-34-27)36-33(41)37(32)19-17-29(39)35-26-14-7-8-16-28(26)40-5/h7-16,18,20,30,32H,6,17,19H2,1-5H3,(H,35,39)(H,36,41). The Morgan fingerprint density at radius 3 is 2.59 bits per heavy atom. The third kappa shape index (κ3) is 5.57. The first-order valence-electron chi connectivity index (χ1n) is 14.0. The van der Waals surface area contributed by atoms with Gasteiger partial charge in [-0.25, -0.2) is 0 Å². The fourth-order valence-corrected chi connectivity index (χ4v) is 6.26. The first-order chi connectivity index (χ1) is 19.8. The maximum absolute atomic E-state index is 13.1. The smallest absolute Gasteiger partial charge is 0.226 e. The number of methoxy groups -OCH3 is 1. The van der Waals surface area contributed by atoms with Crippen LogP contribution in [0, 0.1) is 20.8 Å². The minimum atomic E-state index is -0.155. The van der Waals surface area contributed by atoms with Gasteiger partial charge in [0.15, 0.2) is 5.11 Å². The van der Waals surface area contributed by atoms with Gasteiger partial charge in [0.1, 0.15) is 5.75 Å². The molecule has 0 saturated carbocycles. The lowest BCUT2D eigenvalue weighted by molar-refractivity contribution is -0.116. The minimum absolute atomic E-state index is 0.102. The molecule has 7 nitrogen and oxygen atoms in total. The summed E-state index contributed by atoms with van der Waals surface area (Å²) in [4.78, 5) is 19.9. The summed E-state index contributed by atoms with van der Waals surface area (Å²) in [5.74, 6) is 0.526. The van der Waals surface area contributed by atoms with Gasteiger partial charge in [-0.3, -0.25) is 9.78 Å². The molecule has 212 valence electrons. The number of thiocarbonyl (C=S) groups is 1. The highest BCUT2D eigenvalue weighted by Gasteiger charge is 2.41. The van der Waals surface area contributed by atoms with Crippen LogP contribution in [-0.2, 0) is 11.2 Å². The van der Waals surface area contributed by atoms with Crippen LogP contribution in [0.25, 0.3) is 5.69 Å². The van der Waals surface area contributed by atoms with Crippen LogP contribution in [-0.4, -0.2) is 39.1 Å². The zero-order chi connectivity index (χ0) is 29.1. The number of para-hydroxylation sites is 3. The third-order valence-corrected chi connectivity index (χ3v) is 8.23. The van der Waals surface area contributed by atoms with Crippen molar-refractivity contribution >= 4 is 28.9 Å². The van der Waals surface area contributed by atoms with Gasteiger partial charge in [0.05, 0.1) is 36.3 Å². The SMILES string of the molecule is CCc1cccc(C)c1-n1c(C)cc(C2C(c3ccccn3)NC(=S)N2CCC(=O)Nc2ccccc2OC)c1C. The number of carbonyl (C=O) groups excluding carboxylic acids is 1. The molecule has 2 atom stereocenters. The molecule has 2 unspecified atom stereocenters. The average Bonchev–Trinajstić information content (AvgIpc) is 3.46. The normalized spacial score (nSPS) is 16.5. The summed E-state index contributed by atoms with van der Waals surface area (Å²) in [5.41, 5.74) is 8.84. The number of pyridine rings is 1. The number of aryl methyl sites for hydroxylation is 3. The Hall–Kier alpha value is -4.17. The third-order valence-electron chi connectivity index (χ3n) is 7.87. The second-order valence-electron chi connectivity index (χ2n) is 10.4. The van der Waals surface area contributed by atoms with Crippen LogP contribution >= 0.6 is 12.2 Å². The van der Waals surface area contributed by atoms with Crippen LogP contribution < -0.4 is 15.4 Å². The monoisotopic (exact) mass is 567 g/mol. The number of ether oxygens (including phenoxy) is 1. The second-order valence-corrected chi connectivity index (χ2v) is 10.8. The molecule has 0 bridgehead atoms. The molecule has 3 heterocycles. The molecule has 4 aromatic rings. The molecule has 1 amide bonds. The molecule has 2 N–H and O–H groups in total. The lowest BCUT2D eigenvalue weighted by Crippen LogP contribution is -2.33. The minimum Gasteiger partial charge on any atom is -0.495 e. The number of benzene rings is 2. The zero-order valence-corrected chi connectivity index (χ0v) is 25.1. The quantitative estimate of drug-likeness (QED) is 0.229. The summed E-state index contributed by atoms with van der Waals surface area (Å²) in [6.45, 7) is 9.15. The highest BCUT2D eigenvalue weighted by molar-refractivity contribution is 7.80. The van der Waals surface area contributed by atoms with E-state index in [0.717, 1.165) is 23.5 Å². The average molecular weight is 568 g/mol. The fourth-order valence-electron chi connectivity index (χ4n) is 5.92. The highest BCUT2D eigenvalue weighted by Crippen LogP contribution is 2.42. The second kappa shape index (κ2) is 12.1. The predicted molar refractivity (Wildman–Crippen MR) is 168 cm³/mol. The molecule has 1 aliphatic heterocycles. The first kappa shape index (κ1) is 28.4. The van der Waals surface area contributed by atoms with Gasteiger partial charge in [-0.15, -0.1) is 0 Å². The molecule has 1 saturated heterocycles. The number of aromatic nitrogens is 2. The summed E-state index contributed by atoms with van der Waals surface area (Å²) in [5, 5.41) is 7.13. The van der Waals surface area contributed by atoms with Gasteiger partial charge < -0.3 is 24.8 Å². The van der Waals surface area contributed by atoms with Gasteiger partial charge in [-0.1, -0.05) is 43.3 Å². The van der Waals surface area contributed by atoms with E-state index in [2.05, 4.69) is 77.0 Å². The van der Waals surface area contributed by atoms with Crippen molar-refractivity contribution in [1.82, 2.24) is 19.8 Å². The Balaban J connectivity index is 1.50. The molecule has 0 spiro atoms. The van der Waals surface area contributed by atoms with Crippen LogP contribution in [0.1, 0.15) is 59.2 Å². The van der Waals surface area contributed by atoms with Crippen LogP contribution in [0.15, 0.2) is 72.9 Å². The van der Waals surface area contributed by atoms with Crippen molar-refractivity contribution < 1.29 is 9.53 Å². The van der Waals surface area contributed by atoms with Crippen LogP contribution in [0.3, 0.4) is 0 Å². The van der Waals surface area contributed by atoms with Crippen molar-refractivity contribution in [3.05, 3.63) is 107 Å². The van der Waals surface area contributed by atoms with E-state index in [9.17, 15) is 4.79 Å². The van der Waals surface area contributed by atoms with Crippen LogP contribution in [0.4, 0.5) is 5.69 Å². The predicted octanol–water partition coefficient (Wildman–Crippen LogP) is 6.37. The van der Waals surface area contributed by atoms with Gasteiger partial charge in [-0.2, -0.15) is 0 Å². The van der Waals surface area contributed by atoms with E-state index in [4.69, 9.17) is 17.0 Å². The number of hydrogen-bond donors (Lipinski definition) is 2. The largest absolute Gasteiger partial charge is 0.495 e. The Labute approximate surface area is 247 Å². The molecule has 41 heavy (non-hydrogen) atoms. The summed E-state index contributed by atoms with van der Waals surface area (Å²) < 4.78 is 7.77. The lowest BCUT2D eigenvalue weighted by atomic mass is 9.96. The molecule has 2 aromatic heterocycles. The van der Waals surface area contributed by atoms with Gasteiger partial charge in [0.25, 0.3) is 0 Å². The van der Waals surface area contributed by atoms with Crippen molar-refractivity contribution in [2.24, 2.45) is 0 Å². The van der Waals surface area contributed by atoms with E-state index in [1.807, 2.05) is 48.7 Å². The molecular formula is C33H37N5O2S. The number of anilines is 1. The first-order valence-corrected chi connectivity index (χ1v) is 14.4. The number of hydrogen-bond acceptors (Lipinski definition) is 4. The summed E-state index contributed by atoms with van der Waals surface area (Å²) in [7, 11) is 1.60. The number of nitrogens with zero attached hydrogens (tertiary/aromatic N) is 3. The highest BCUT2D eigenvalue weighted by atomic mass is 32.1. The lowest BCUT2D eigenvalue weighted by Gasteiger charge is -2.28. The van der Waals surface area contributed by atoms with Gasteiger partial charge in [0.2, 0.25) is 5.91 Å². The van der Waals surface area contributed by atoms with Gasteiger partial charge >= 0.3 is 0 Å². The number of rotatable bonds is 9. The molecule has 1 fully saturated rings. The van der Waals surface area contributed by atoms with Gasteiger partial charge in [0, 0.05) is 30.6 Å². The molecule has 0 radical (unpaired) electrons. The number of nitrogens with one attached hydrogen (secondary N) is 2. The van der Waals surface area contributed by atoms with Crippen molar-refractivity contribution in [2.45, 2.75) is 52.6 Å². The maximum Gasteiger partial charge on any atom is 0.226 e. The van der Waals surface area contributed by atoms with Crippen LogP contribution in [0.2, 0.25) is 0 Å². The summed E-state index contributed by atoms with van der Waals surface area (Å²) in [6, 6.07) is 21.8. The maximum atomic E-state index is 13.1. The van der Waals surface area contributed by atoms with E-state index in [1.165, 1.54) is 22.4 Å². The zero-order valence-electron chi connectivity index (χ0n) is 24.3. The van der Waals surface area contributed by atoms with Gasteiger partial charge in [-0.05, 0) is 86.4 Å². The number of carbonyl (C=O) groups is 1. The molecule has 5 rings (SSSR count). The molecule has 0 aliphatic carbocycles. The van der Waals surface area contributed by atoms with Crippen molar-refractivity contribution in [3.63, 3.8) is 0 Å². The van der Waals surface area contributed by atoms with E-state index in [1.54, 1.807) is 7.11 Å². The van der Waals surface area contributed by atoms with E-state index >= 15 is 0 Å².